The van der Waals surface area contributed by atoms with Gasteiger partial charge >= 0.3 is 0 Å². The summed E-state index contributed by atoms with van der Waals surface area (Å²) in [6.45, 7) is 2.21. The molecule has 1 aliphatic rings. The Morgan fingerprint density at radius 1 is 1.38 bits per heavy atom. The van der Waals surface area contributed by atoms with Gasteiger partial charge in [-0.15, -0.1) is 0 Å². The Hall–Kier alpha value is -1.02. The van der Waals surface area contributed by atoms with Crippen molar-refractivity contribution in [1.82, 2.24) is 5.32 Å². The number of nitrogens with one attached hydrogen (secondary N) is 1. The van der Waals surface area contributed by atoms with Gasteiger partial charge < -0.3 is 10.4 Å². The average Bonchev–Trinajstić information content (AvgIpc) is 2.61. The molecule has 2 rings (SSSR count). The number of phenolic OH excluding ortho intramolecular Hbond substituents is 1. The highest BCUT2D eigenvalue weighted by Crippen LogP contribution is 2.22. The number of hydrogen-bond acceptors (Lipinski definition) is 2. The van der Waals surface area contributed by atoms with Crippen molar-refractivity contribution in [3.8, 4) is 5.75 Å². The number of aromatic hydroxyl groups is 1. The molecule has 0 aliphatic carbocycles. The van der Waals surface area contributed by atoms with Crippen LogP contribution in [-0.2, 0) is 6.42 Å². The first-order chi connectivity index (χ1) is 6.36. The normalized spacial score (nSPS) is 22.0. The second-order valence-electron chi connectivity index (χ2n) is 3.69. The van der Waals surface area contributed by atoms with E-state index < -0.39 is 0 Å². The van der Waals surface area contributed by atoms with Crippen molar-refractivity contribution in [3.63, 3.8) is 0 Å². The molecule has 2 nitrogen and oxygen atoms in total. The van der Waals surface area contributed by atoms with E-state index >= 15 is 0 Å². The van der Waals surface area contributed by atoms with Crippen LogP contribution in [0.25, 0.3) is 0 Å². The summed E-state index contributed by atoms with van der Waals surface area (Å²) in [6.07, 6.45) is 2.23. The molecule has 1 atom stereocenters. The SMILES string of the molecule is Oc1ccccc1CC1CCNC1. The summed E-state index contributed by atoms with van der Waals surface area (Å²) < 4.78 is 0. The molecule has 13 heavy (non-hydrogen) atoms. The summed E-state index contributed by atoms with van der Waals surface area (Å²) in [7, 11) is 0. The molecule has 0 bridgehead atoms. The van der Waals surface area contributed by atoms with Crippen LogP contribution in [0.4, 0.5) is 0 Å². The van der Waals surface area contributed by atoms with Gasteiger partial charge in [0.2, 0.25) is 0 Å². The number of hydrogen-bond donors (Lipinski definition) is 2. The third kappa shape index (κ3) is 2.01. The third-order valence-corrected chi connectivity index (χ3v) is 2.66. The Labute approximate surface area is 78.6 Å². The van der Waals surface area contributed by atoms with Crippen LogP contribution in [0.3, 0.4) is 0 Å². The molecule has 0 aromatic heterocycles. The highest BCUT2D eigenvalue weighted by molar-refractivity contribution is 5.32. The molecule has 70 valence electrons. The second kappa shape index (κ2) is 3.79. The van der Waals surface area contributed by atoms with Gasteiger partial charge in [0.15, 0.2) is 0 Å². The zero-order chi connectivity index (χ0) is 9.10. The Balaban J connectivity index is 2.04. The fourth-order valence-corrected chi connectivity index (χ4v) is 1.88. The highest BCUT2D eigenvalue weighted by Gasteiger charge is 2.15. The van der Waals surface area contributed by atoms with Gasteiger partial charge in [-0.05, 0) is 43.5 Å². The van der Waals surface area contributed by atoms with Crippen LogP contribution in [0.15, 0.2) is 24.3 Å². The summed E-state index contributed by atoms with van der Waals surface area (Å²) in [5.74, 6) is 1.14. The molecule has 1 unspecified atom stereocenters. The van der Waals surface area contributed by atoms with Crippen LogP contribution in [0.2, 0.25) is 0 Å². The lowest BCUT2D eigenvalue weighted by molar-refractivity contribution is 0.459. The van der Waals surface area contributed by atoms with Crippen LogP contribution in [0.1, 0.15) is 12.0 Å². The average molecular weight is 177 g/mol. The van der Waals surface area contributed by atoms with E-state index in [4.69, 9.17) is 0 Å². The summed E-state index contributed by atoms with van der Waals surface area (Å²) in [6, 6.07) is 7.62. The van der Waals surface area contributed by atoms with Crippen LogP contribution in [-0.4, -0.2) is 18.2 Å². The number of para-hydroxylation sites is 1. The molecule has 0 amide bonds. The standard InChI is InChI=1S/C11H15NO/c13-11-4-2-1-3-10(11)7-9-5-6-12-8-9/h1-4,9,12-13H,5-8H2. The topological polar surface area (TPSA) is 32.3 Å². The maximum Gasteiger partial charge on any atom is 0.118 e. The Morgan fingerprint density at radius 3 is 2.92 bits per heavy atom. The van der Waals surface area contributed by atoms with Crippen molar-refractivity contribution < 1.29 is 5.11 Å². The van der Waals surface area contributed by atoms with Crippen molar-refractivity contribution >= 4 is 0 Å². The minimum atomic E-state index is 0.439. The predicted molar refractivity (Wildman–Crippen MR) is 52.8 cm³/mol. The summed E-state index contributed by atoms with van der Waals surface area (Å²) in [4.78, 5) is 0. The highest BCUT2D eigenvalue weighted by atomic mass is 16.3. The largest absolute Gasteiger partial charge is 0.508 e. The van der Waals surface area contributed by atoms with E-state index in [2.05, 4.69) is 5.32 Å². The van der Waals surface area contributed by atoms with Gasteiger partial charge in [-0.3, -0.25) is 0 Å². The molecule has 0 saturated carbocycles. The van der Waals surface area contributed by atoms with E-state index in [1.165, 1.54) is 6.42 Å². The van der Waals surface area contributed by atoms with Crippen LogP contribution in [0, 0.1) is 5.92 Å². The molecule has 0 spiro atoms. The van der Waals surface area contributed by atoms with Crippen molar-refractivity contribution in [2.45, 2.75) is 12.8 Å². The van der Waals surface area contributed by atoms with Crippen LogP contribution in [0.5, 0.6) is 5.75 Å². The first-order valence-corrected chi connectivity index (χ1v) is 4.84. The first-order valence-electron chi connectivity index (χ1n) is 4.84. The molecule has 1 aromatic rings. The smallest absolute Gasteiger partial charge is 0.118 e. The Kier molecular flexibility index (Phi) is 2.50. The van der Waals surface area contributed by atoms with E-state index in [9.17, 15) is 5.11 Å². The number of benzene rings is 1. The van der Waals surface area contributed by atoms with E-state index in [0.29, 0.717) is 11.7 Å². The van der Waals surface area contributed by atoms with Gasteiger partial charge in [0.25, 0.3) is 0 Å². The van der Waals surface area contributed by atoms with Gasteiger partial charge in [0, 0.05) is 0 Å². The van der Waals surface area contributed by atoms with Crippen molar-refractivity contribution in [2.75, 3.05) is 13.1 Å². The Bertz CT molecular complexity index is 279. The molecular formula is C11H15NO. The van der Waals surface area contributed by atoms with Crippen LogP contribution >= 0.6 is 0 Å². The third-order valence-electron chi connectivity index (χ3n) is 2.66. The van der Waals surface area contributed by atoms with Gasteiger partial charge in [-0.25, -0.2) is 0 Å². The van der Waals surface area contributed by atoms with Gasteiger partial charge in [0.05, 0.1) is 0 Å². The minimum absolute atomic E-state index is 0.439. The minimum Gasteiger partial charge on any atom is -0.508 e. The van der Waals surface area contributed by atoms with Gasteiger partial charge in [-0.2, -0.15) is 0 Å². The quantitative estimate of drug-likeness (QED) is 0.718. The van der Waals surface area contributed by atoms with Crippen molar-refractivity contribution in [2.24, 2.45) is 5.92 Å². The zero-order valence-corrected chi connectivity index (χ0v) is 7.66. The molecule has 1 saturated heterocycles. The molecule has 2 N–H and O–H groups in total. The fraction of sp³-hybridized carbons (Fsp3) is 0.455. The number of phenols is 1. The number of rotatable bonds is 2. The van der Waals surface area contributed by atoms with Gasteiger partial charge in [0.1, 0.15) is 5.75 Å². The van der Waals surface area contributed by atoms with Crippen LogP contribution < -0.4 is 5.32 Å². The zero-order valence-electron chi connectivity index (χ0n) is 7.66. The van der Waals surface area contributed by atoms with Crippen molar-refractivity contribution in [3.05, 3.63) is 29.8 Å². The molecule has 1 aliphatic heterocycles. The lowest BCUT2D eigenvalue weighted by Gasteiger charge is -2.09. The summed E-state index contributed by atoms with van der Waals surface area (Å²) in [5.41, 5.74) is 1.08. The molecular weight excluding hydrogens is 162 g/mol. The van der Waals surface area contributed by atoms with E-state index in [-0.39, 0.29) is 0 Å². The Morgan fingerprint density at radius 2 is 2.23 bits per heavy atom. The summed E-state index contributed by atoms with van der Waals surface area (Å²) >= 11 is 0. The molecule has 2 heteroatoms. The maximum atomic E-state index is 9.55. The fourth-order valence-electron chi connectivity index (χ4n) is 1.88. The monoisotopic (exact) mass is 177 g/mol. The molecule has 1 fully saturated rings. The van der Waals surface area contributed by atoms with E-state index in [1.807, 2.05) is 18.2 Å². The van der Waals surface area contributed by atoms with E-state index in [0.717, 1.165) is 25.1 Å². The lowest BCUT2D eigenvalue weighted by Crippen LogP contribution is -2.10. The summed E-state index contributed by atoms with van der Waals surface area (Å²) in [5, 5.41) is 12.9. The van der Waals surface area contributed by atoms with Crippen molar-refractivity contribution in [1.29, 1.82) is 0 Å². The lowest BCUT2D eigenvalue weighted by atomic mass is 9.98. The van der Waals surface area contributed by atoms with E-state index in [1.54, 1.807) is 6.07 Å². The molecule has 1 heterocycles. The first kappa shape index (κ1) is 8.57. The maximum absolute atomic E-state index is 9.55. The molecule has 0 radical (unpaired) electrons. The second-order valence-corrected chi connectivity index (χ2v) is 3.69. The van der Waals surface area contributed by atoms with Gasteiger partial charge in [-0.1, -0.05) is 18.2 Å². The molecule has 1 aromatic carbocycles. The predicted octanol–water partition coefficient (Wildman–Crippen LogP) is 1.54.